The quantitative estimate of drug-likeness (QED) is 0.874. The van der Waals surface area contributed by atoms with Crippen LogP contribution in [0.5, 0.6) is 0 Å². The minimum atomic E-state index is 0.230. The highest BCUT2D eigenvalue weighted by molar-refractivity contribution is 5.28. The molecule has 0 spiro atoms. The molecule has 0 unspecified atom stereocenters. The summed E-state index contributed by atoms with van der Waals surface area (Å²) in [7, 11) is 0. The fourth-order valence-corrected chi connectivity index (χ4v) is 2.56. The van der Waals surface area contributed by atoms with Gasteiger partial charge in [-0.25, -0.2) is 0 Å². The Morgan fingerprint density at radius 1 is 1.05 bits per heavy atom. The second-order valence-corrected chi connectivity index (χ2v) is 7.29. The maximum Gasteiger partial charge on any atom is 0.0470 e. The molecule has 0 aliphatic heterocycles. The van der Waals surface area contributed by atoms with Crippen LogP contribution in [0.2, 0.25) is 0 Å². The van der Waals surface area contributed by atoms with Gasteiger partial charge in [0.15, 0.2) is 0 Å². The molecular weight excluding hydrogens is 256 g/mol. The second-order valence-electron chi connectivity index (χ2n) is 7.29. The van der Waals surface area contributed by atoms with Gasteiger partial charge in [0.25, 0.3) is 0 Å². The van der Waals surface area contributed by atoms with E-state index in [-0.39, 0.29) is 5.41 Å². The van der Waals surface area contributed by atoms with E-state index < -0.39 is 0 Å². The summed E-state index contributed by atoms with van der Waals surface area (Å²) in [4.78, 5) is 0. The Morgan fingerprint density at radius 2 is 1.76 bits per heavy atom. The Kier molecular flexibility index (Phi) is 3.90. The number of nitrogens with one attached hydrogen (secondary N) is 1. The fourth-order valence-electron chi connectivity index (χ4n) is 2.56. The Hall–Kier alpha value is -1.54. The minimum Gasteiger partial charge on any atom is -0.350 e. The lowest BCUT2D eigenvalue weighted by molar-refractivity contribution is 0.589. The molecule has 0 saturated heterocycles. The molecule has 0 atom stereocenters. The largest absolute Gasteiger partial charge is 0.350 e. The molecule has 0 radical (unpaired) electrons. The lowest BCUT2D eigenvalue weighted by atomic mass is 9.87. The van der Waals surface area contributed by atoms with Crippen molar-refractivity contribution in [2.45, 2.75) is 58.2 Å². The molecular formula is C19H26N2. The van der Waals surface area contributed by atoms with Crippen LogP contribution in [0.4, 0.5) is 0 Å². The van der Waals surface area contributed by atoms with Crippen LogP contribution >= 0.6 is 0 Å². The van der Waals surface area contributed by atoms with Crippen LogP contribution in [0.15, 0.2) is 42.7 Å². The molecule has 1 aliphatic rings. The van der Waals surface area contributed by atoms with E-state index in [9.17, 15) is 0 Å². The van der Waals surface area contributed by atoms with Crippen molar-refractivity contribution in [2.24, 2.45) is 0 Å². The highest BCUT2D eigenvalue weighted by atomic mass is 15.0. The third-order valence-electron chi connectivity index (χ3n) is 4.17. The van der Waals surface area contributed by atoms with Crippen molar-refractivity contribution in [3.05, 3.63) is 59.4 Å². The van der Waals surface area contributed by atoms with Crippen LogP contribution in [0.1, 0.15) is 50.3 Å². The highest BCUT2D eigenvalue weighted by Gasteiger charge is 2.20. The third-order valence-corrected chi connectivity index (χ3v) is 4.17. The normalized spacial score (nSPS) is 15.4. The zero-order chi connectivity index (χ0) is 14.9. The molecule has 0 bridgehead atoms. The maximum absolute atomic E-state index is 3.56. The Labute approximate surface area is 128 Å². The molecule has 1 aromatic heterocycles. The van der Waals surface area contributed by atoms with E-state index in [1.54, 1.807) is 0 Å². The summed E-state index contributed by atoms with van der Waals surface area (Å²) in [6.07, 6.45) is 7.14. The van der Waals surface area contributed by atoms with Crippen molar-refractivity contribution in [3.8, 4) is 0 Å². The Bertz CT molecular complexity index is 583. The second kappa shape index (κ2) is 5.69. The standard InChI is InChI=1S/C19H26N2/c1-19(2,3)17-6-4-15(5-7-17)13-21-11-10-16(14-21)12-20-18-8-9-18/h4-7,10-11,14,18,20H,8-9,12-13H2,1-3H3. The van der Waals surface area contributed by atoms with Gasteiger partial charge >= 0.3 is 0 Å². The van der Waals surface area contributed by atoms with Gasteiger partial charge in [0.05, 0.1) is 0 Å². The molecule has 1 saturated carbocycles. The first-order chi connectivity index (χ1) is 10.0. The van der Waals surface area contributed by atoms with Gasteiger partial charge in [-0.2, -0.15) is 0 Å². The number of hydrogen-bond donors (Lipinski definition) is 1. The average Bonchev–Trinajstić information content (AvgIpc) is 3.16. The first-order valence-corrected chi connectivity index (χ1v) is 7.98. The summed E-state index contributed by atoms with van der Waals surface area (Å²) in [5.74, 6) is 0. The topological polar surface area (TPSA) is 17.0 Å². The first kappa shape index (κ1) is 14.4. The molecule has 2 heteroatoms. The lowest BCUT2D eigenvalue weighted by Gasteiger charge is -2.19. The van der Waals surface area contributed by atoms with Gasteiger partial charge in [-0.3, -0.25) is 0 Å². The monoisotopic (exact) mass is 282 g/mol. The predicted molar refractivity (Wildman–Crippen MR) is 88.5 cm³/mol. The molecule has 0 amide bonds. The van der Waals surface area contributed by atoms with Crippen molar-refractivity contribution in [3.63, 3.8) is 0 Å². The van der Waals surface area contributed by atoms with Crippen LogP contribution in [0.25, 0.3) is 0 Å². The summed E-state index contributed by atoms with van der Waals surface area (Å²) in [5.41, 5.74) is 4.37. The first-order valence-electron chi connectivity index (χ1n) is 7.98. The van der Waals surface area contributed by atoms with E-state index in [1.807, 2.05) is 0 Å². The van der Waals surface area contributed by atoms with E-state index in [1.165, 1.54) is 29.5 Å². The Balaban J connectivity index is 1.60. The van der Waals surface area contributed by atoms with E-state index in [2.05, 4.69) is 73.4 Å². The van der Waals surface area contributed by atoms with Gasteiger partial charge in [0.2, 0.25) is 0 Å². The average molecular weight is 282 g/mol. The summed E-state index contributed by atoms with van der Waals surface area (Å²) in [6, 6.07) is 12.0. The van der Waals surface area contributed by atoms with E-state index in [4.69, 9.17) is 0 Å². The summed E-state index contributed by atoms with van der Waals surface area (Å²) < 4.78 is 2.27. The van der Waals surface area contributed by atoms with Crippen molar-refractivity contribution in [1.82, 2.24) is 9.88 Å². The van der Waals surface area contributed by atoms with Gasteiger partial charge in [-0.05, 0) is 41.0 Å². The SMILES string of the molecule is CC(C)(C)c1ccc(Cn2ccc(CNC3CC3)c2)cc1. The maximum atomic E-state index is 3.56. The molecule has 21 heavy (non-hydrogen) atoms. The van der Waals surface area contributed by atoms with Crippen molar-refractivity contribution in [1.29, 1.82) is 0 Å². The number of aromatic nitrogens is 1. The predicted octanol–water partition coefficient (Wildman–Crippen LogP) is 4.09. The molecule has 2 aromatic rings. The molecule has 3 rings (SSSR count). The third kappa shape index (κ3) is 3.98. The van der Waals surface area contributed by atoms with Gasteiger partial charge in [-0.1, -0.05) is 45.0 Å². The molecule has 112 valence electrons. The zero-order valence-corrected chi connectivity index (χ0v) is 13.4. The van der Waals surface area contributed by atoms with Crippen molar-refractivity contribution < 1.29 is 0 Å². The molecule has 1 heterocycles. The number of rotatable bonds is 5. The smallest absolute Gasteiger partial charge is 0.0470 e. The molecule has 1 N–H and O–H groups in total. The summed E-state index contributed by atoms with van der Waals surface area (Å²) >= 11 is 0. The number of nitrogens with zero attached hydrogens (tertiary/aromatic N) is 1. The Morgan fingerprint density at radius 3 is 2.38 bits per heavy atom. The van der Waals surface area contributed by atoms with E-state index in [0.717, 1.165) is 19.1 Å². The zero-order valence-electron chi connectivity index (χ0n) is 13.4. The van der Waals surface area contributed by atoms with E-state index in [0.29, 0.717) is 0 Å². The molecule has 1 fully saturated rings. The van der Waals surface area contributed by atoms with Crippen LogP contribution in [-0.2, 0) is 18.5 Å². The van der Waals surface area contributed by atoms with Crippen LogP contribution in [0, 0.1) is 0 Å². The highest BCUT2D eigenvalue weighted by Crippen LogP contribution is 2.22. The van der Waals surface area contributed by atoms with Crippen LogP contribution < -0.4 is 5.32 Å². The number of hydrogen-bond acceptors (Lipinski definition) is 1. The summed E-state index contributed by atoms with van der Waals surface area (Å²) in [6.45, 7) is 8.72. The van der Waals surface area contributed by atoms with Crippen LogP contribution in [0.3, 0.4) is 0 Å². The minimum absolute atomic E-state index is 0.230. The van der Waals surface area contributed by atoms with E-state index >= 15 is 0 Å². The fraction of sp³-hybridized carbons (Fsp3) is 0.474. The van der Waals surface area contributed by atoms with Gasteiger partial charge < -0.3 is 9.88 Å². The number of benzene rings is 1. The summed E-state index contributed by atoms with van der Waals surface area (Å²) in [5, 5.41) is 3.56. The lowest BCUT2D eigenvalue weighted by Crippen LogP contribution is -2.14. The van der Waals surface area contributed by atoms with Gasteiger partial charge in [0.1, 0.15) is 0 Å². The molecule has 1 aromatic carbocycles. The van der Waals surface area contributed by atoms with Crippen LogP contribution in [-0.4, -0.2) is 10.6 Å². The van der Waals surface area contributed by atoms with Gasteiger partial charge in [0, 0.05) is 31.5 Å². The van der Waals surface area contributed by atoms with Crippen molar-refractivity contribution in [2.75, 3.05) is 0 Å². The van der Waals surface area contributed by atoms with Crippen molar-refractivity contribution >= 4 is 0 Å². The molecule has 1 aliphatic carbocycles. The van der Waals surface area contributed by atoms with Gasteiger partial charge in [-0.15, -0.1) is 0 Å². The molecule has 2 nitrogen and oxygen atoms in total.